The predicted molar refractivity (Wildman–Crippen MR) is 51.2 cm³/mol. The van der Waals surface area contributed by atoms with E-state index in [0.29, 0.717) is 0 Å². The first-order valence-electron chi connectivity index (χ1n) is 4.43. The van der Waals surface area contributed by atoms with Crippen LogP contribution in [0.1, 0.15) is 18.4 Å². The zero-order valence-electron chi connectivity index (χ0n) is 7.49. The second-order valence-corrected chi connectivity index (χ2v) is 4.27. The molecular formula is C10H10ClF2N. The Morgan fingerprint density at radius 1 is 1.36 bits per heavy atom. The zero-order valence-corrected chi connectivity index (χ0v) is 8.24. The lowest BCUT2D eigenvalue weighted by Crippen LogP contribution is -2.25. The lowest BCUT2D eigenvalue weighted by atomic mass is 10.0. The van der Waals surface area contributed by atoms with Gasteiger partial charge < -0.3 is 5.73 Å². The number of hydrogen-bond donors (Lipinski definition) is 1. The molecule has 0 amide bonds. The summed E-state index contributed by atoms with van der Waals surface area (Å²) < 4.78 is 26.6. The van der Waals surface area contributed by atoms with Gasteiger partial charge in [0.15, 0.2) is 0 Å². The Balaban J connectivity index is 2.35. The van der Waals surface area contributed by atoms with Crippen molar-refractivity contribution in [1.29, 1.82) is 0 Å². The summed E-state index contributed by atoms with van der Waals surface area (Å²) in [7, 11) is 0. The molecule has 0 spiro atoms. The van der Waals surface area contributed by atoms with Gasteiger partial charge in [0.05, 0.1) is 5.02 Å². The maximum absolute atomic E-state index is 13.4. The zero-order chi connectivity index (χ0) is 10.3. The van der Waals surface area contributed by atoms with Crippen LogP contribution < -0.4 is 5.73 Å². The van der Waals surface area contributed by atoms with E-state index in [1.165, 1.54) is 12.1 Å². The van der Waals surface area contributed by atoms with Crippen molar-refractivity contribution >= 4 is 11.6 Å². The Morgan fingerprint density at radius 3 is 2.57 bits per heavy atom. The molecule has 14 heavy (non-hydrogen) atoms. The highest BCUT2D eigenvalue weighted by atomic mass is 35.5. The van der Waals surface area contributed by atoms with Crippen molar-refractivity contribution in [3.8, 4) is 0 Å². The fourth-order valence-electron chi connectivity index (χ4n) is 1.42. The average Bonchev–Trinajstić information content (AvgIpc) is 2.86. The van der Waals surface area contributed by atoms with Gasteiger partial charge in [-0.2, -0.15) is 0 Å². The third-order valence-corrected chi connectivity index (χ3v) is 2.85. The van der Waals surface area contributed by atoms with Crippen LogP contribution in [-0.4, -0.2) is 5.54 Å². The summed E-state index contributed by atoms with van der Waals surface area (Å²) in [6.07, 6.45) is 1.86. The summed E-state index contributed by atoms with van der Waals surface area (Å²) in [6.45, 7) is 0. The van der Waals surface area contributed by atoms with Crippen LogP contribution in [0, 0.1) is 11.6 Å². The molecular weight excluding hydrogens is 208 g/mol. The van der Waals surface area contributed by atoms with Gasteiger partial charge in [0.1, 0.15) is 11.6 Å². The molecule has 1 aliphatic rings. The lowest BCUT2D eigenvalue weighted by Gasteiger charge is -2.10. The van der Waals surface area contributed by atoms with Crippen LogP contribution >= 0.6 is 11.6 Å². The first kappa shape index (κ1) is 9.87. The molecule has 0 saturated heterocycles. The summed E-state index contributed by atoms with van der Waals surface area (Å²) in [5.74, 6) is -1.24. The van der Waals surface area contributed by atoms with Gasteiger partial charge in [-0.3, -0.25) is 0 Å². The number of nitrogens with two attached hydrogens (primary N) is 1. The van der Waals surface area contributed by atoms with Crippen LogP contribution in [0.5, 0.6) is 0 Å². The normalized spacial score (nSPS) is 18.3. The van der Waals surface area contributed by atoms with Crippen LogP contribution in [-0.2, 0) is 6.42 Å². The van der Waals surface area contributed by atoms with Gasteiger partial charge in [0.25, 0.3) is 0 Å². The van der Waals surface area contributed by atoms with Crippen LogP contribution in [0.2, 0.25) is 5.02 Å². The van der Waals surface area contributed by atoms with Crippen molar-refractivity contribution in [1.82, 2.24) is 0 Å². The van der Waals surface area contributed by atoms with E-state index in [9.17, 15) is 8.78 Å². The van der Waals surface area contributed by atoms with Crippen molar-refractivity contribution in [2.24, 2.45) is 5.73 Å². The summed E-state index contributed by atoms with van der Waals surface area (Å²) in [5.41, 5.74) is 5.39. The van der Waals surface area contributed by atoms with E-state index >= 15 is 0 Å². The second-order valence-electron chi connectivity index (χ2n) is 3.86. The molecule has 0 heterocycles. The summed E-state index contributed by atoms with van der Waals surface area (Å²) >= 11 is 5.55. The van der Waals surface area contributed by atoms with Gasteiger partial charge in [0.2, 0.25) is 0 Å². The number of hydrogen-bond acceptors (Lipinski definition) is 1. The van der Waals surface area contributed by atoms with Crippen molar-refractivity contribution in [2.45, 2.75) is 24.8 Å². The molecule has 4 heteroatoms. The van der Waals surface area contributed by atoms with Gasteiger partial charge in [-0.15, -0.1) is 0 Å². The average molecular weight is 218 g/mol. The molecule has 0 atom stereocenters. The Hall–Kier alpha value is -0.670. The molecule has 0 bridgehead atoms. The van der Waals surface area contributed by atoms with Crippen molar-refractivity contribution in [2.75, 3.05) is 0 Å². The Morgan fingerprint density at radius 2 is 2.00 bits per heavy atom. The number of rotatable bonds is 2. The topological polar surface area (TPSA) is 26.0 Å². The molecule has 0 aliphatic heterocycles. The minimum Gasteiger partial charge on any atom is -0.325 e. The van der Waals surface area contributed by atoms with Crippen LogP contribution in [0.15, 0.2) is 12.1 Å². The maximum Gasteiger partial charge on any atom is 0.147 e. The van der Waals surface area contributed by atoms with Crippen molar-refractivity contribution in [3.05, 3.63) is 34.4 Å². The van der Waals surface area contributed by atoms with E-state index in [0.717, 1.165) is 12.8 Å². The molecule has 1 saturated carbocycles. The molecule has 2 N–H and O–H groups in total. The lowest BCUT2D eigenvalue weighted by molar-refractivity contribution is 0.531. The van der Waals surface area contributed by atoms with Gasteiger partial charge in [0, 0.05) is 11.1 Å². The molecule has 1 aromatic rings. The van der Waals surface area contributed by atoms with Crippen molar-refractivity contribution < 1.29 is 8.78 Å². The maximum atomic E-state index is 13.4. The van der Waals surface area contributed by atoms with E-state index in [2.05, 4.69) is 0 Å². The Labute approximate surface area is 85.9 Å². The van der Waals surface area contributed by atoms with Crippen LogP contribution in [0.3, 0.4) is 0 Å². The number of halogens is 3. The minimum absolute atomic E-state index is 0.0116. The molecule has 0 aromatic heterocycles. The fraction of sp³-hybridized carbons (Fsp3) is 0.400. The van der Waals surface area contributed by atoms with Gasteiger partial charge >= 0.3 is 0 Å². The molecule has 0 radical (unpaired) electrons. The number of benzene rings is 1. The fourth-order valence-corrected chi connectivity index (χ4v) is 1.60. The quantitative estimate of drug-likeness (QED) is 0.758. The van der Waals surface area contributed by atoms with Gasteiger partial charge in [-0.1, -0.05) is 11.6 Å². The van der Waals surface area contributed by atoms with Crippen LogP contribution in [0.4, 0.5) is 8.78 Å². The summed E-state index contributed by atoms with van der Waals surface area (Å²) in [5, 5.41) is -0.0503. The van der Waals surface area contributed by atoms with Crippen LogP contribution in [0.25, 0.3) is 0 Å². The Kier molecular flexibility index (Phi) is 2.24. The van der Waals surface area contributed by atoms with E-state index in [4.69, 9.17) is 17.3 Å². The highest BCUT2D eigenvalue weighted by Gasteiger charge is 2.39. The largest absolute Gasteiger partial charge is 0.325 e. The van der Waals surface area contributed by atoms with E-state index in [1.54, 1.807) is 0 Å². The SMILES string of the molecule is NC1(Cc2c(F)ccc(Cl)c2F)CC1. The van der Waals surface area contributed by atoms with Crippen molar-refractivity contribution in [3.63, 3.8) is 0 Å². The highest BCUT2D eigenvalue weighted by Crippen LogP contribution is 2.37. The monoisotopic (exact) mass is 217 g/mol. The molecule has 2 rings (SSSR count). The van der Waals surface area contributed by atoms with E-state index in [-0.39, 0.29) is 17.0 Å². The summed E-state index contributed by atoms with van der Waals surface area (Å²) in [6, 6.07) is 2.39. The predicted octanol–water partition coefficient (Wildman–Crippen LogP) is 2.65. The molecule has 1 aromatic carbocycles. The van der Waals surface area contributed by atoms with Gasteiger partial charge in [-0.25, -0.2) is 8.78 Å². The first-order valence-corrected chi connectivity index (χ1v) is 4.81. The third kappa shape index (κ3) is 1.74. The Bertz CT molecular complexity index is 375. The molecule has 76 valence electrons. The molecule has 1 aliphatic carbocycles. The van der Waals surface area contributed by atoms with E-state index < -0.39 is 17.2 Å². The highest BCUT2D eigenvalue weighted by molar-refractivity contribution is 6.30. The smallest absolute Gasteiger partial charge is 0.147 e. The first-order chi connectivity index (χ1) is 6.52. The molecule has 1 nitrogen and oxygen atoms in total. The third-order valence-electron chi connectivity index (χ3n) is 2.56. The molecule has 1 fully saturated rings. The van der Waals surface area contributed by atoms with Gasteiger partial charge in [-0.05, 0) is 31.4 Å². The molecule has 0 unspecified atom stereocenters. The van der Waals surface area contributed by atoms with E-state index in [1.807, 2.05) is 0 Å². The summed E-state index contributed by atoms with van der Waals surface area (Å²) in [4.78, 5) is 0. The minimum atomic E-state index is -0.677. The second kappa shape index (κ2) is 3.17. The standard InChI is InChI=1S/C10H10ClF2N/c11-7-1-2-8(12)6(9(7)13)5-10(14)3-4-10/h1-2H,3-5,14H2.